The van der Waals surface area contributed by atoms with Crippen LogP contribution in [0.15, 0.2) is 70.5 Å². The van der Waals surface area contributed by atoms with Gasteiger partial charge in [0.05, 0.1) is 46.3 Å². The van der Waals surface area contributed by atoms with Crippen molar-refractivity contribution >= 4 is 46.9 Å². The van der Waals surface area contributed by atoms with Crippen LogP contribution in [0.2, 0.25) is 0 Å². The molecule has 251 valence electrons. The second-order valence-electron chi connectivity index (χ2n) is 11.0. The summed E-state index contributed by atoms with van der Waals surface area (Å²) in [5, 5.41) is 26.2. The number of isothiocyanates is 1. The van der Waals surface area contributed by atoms with Crippen LogP contribution in [-0.2, 0) is 19.5 Å². The third-order valence-corrected chi connectivity index (χ3v) is 7.74. The summed E-state index contributed by atoms with van der Waals surface area (Å²) in [5.41, 5.74) is 6.46. The average molecular weight is 755 g/mol. The van der Waals surface area contributed by atoms with E-state index >= 15 is 0 Å². The molecule has 0 bridgehead atoms. The van der Waals surface area contributed by atoms with Gasteiger partial charge in [-0.25, -0.2) is 9.59 Å². The van der Waals surface area contributed by atoms with Crippen molar-refractivity contribution in [2.45, 2.75) is 39.0 Å². The van der Waals surface area contributed by atoms with Gasteiger partial charge in [0.15, 0.2) is 0 Å². The number of hydrogen-bond acceptors (Lipinski definition) is 10. The van der Waals surface area contributed by atoms with Crippen molar-refractivity contribution in [3.05, 3.63) is 88.4 Å². The Morgan fingerprint density at radius 1 is 0.958 bits per heavy atom. The Bertz CT molecular complexity index is 1650. The molecule has 14 heteroatoms. The van der Waals surface area contributed by atoms with E-state index in [4.69, 9.17) is 20.6 Å². The minimum absolute atomic E-state index is 0. The first-order chi connectivity index (χ1) is 22.9. The summed E-state index contributed by atoms with van der Waals surface area (Å²) >= 11 is 3.70. The molecule has 0 amide bonds. The van der Waals surface area contributed by atoms with Crippen molar-refractivity contribution in [2.24, 2.45) is 9.98 Å². The molecule has 48 heavy (non-hydrogen) atoms. The Morgan fingerprint density at radius 3 is 2.15 bits per heavy atom. The van der Waals surface area contributed by atoms with Gasteiger partial charge in [0.1, 0.15) is 0 Å². The smallest absolute Gasteiger partial charge is 0.753 e. The molecule has 0 saturated carbocycles. The number of pyridine rings is 3. The fourth-order valence-corrected chi connectivity index (χ4v) is 5.47. The van der Waals surface area contributed by atoms with Crippen molar-refractivity contribution in [3.8, 4) is 11.4 Å². The topological polar surface area (TPSA) is 167 Å². The summed E-state index contributed by atoms with van der Waals surface area (Å²) in [6.07, 6.45) is 12.3. The number of nitrogens with zero attached hydrogens (tertiary/aromatic N) is 8. The van der Waals surface area contributed by atoms with Crippen LogP contribution in [0, 0.1) is 0 Å². The largest absolute Gasteiger partial charge is 1.00 e. The van der Waals surface area contributed by atoms with Crippen LogP contribution >= 0.6 is 12.2 Å². The predicted molar refractivity (Wildman–Crippen MR) is 185 cm³/mol. The SMILES string of the molecule is CCCCN1CCN(CCCN=C2C3=C(N=CCC3)c3ncccc32)C1.O=C(O)c1ccnc(-c2cc(C(=O)O)ccn2)c1.[N-]=C=S.[Ru+]. The van der Waals surface area contributed by atoms with Crippen LogP contribution in [0.1, 0.15) is 71.0 Å². The maximum Gasteiger partial charge on any atom is 1.00 e. The zero-order valence-corrected chi connectivity index (χ0v) is 29.2. The van der Waals surface area contributed by atoms with Crippen LogP contribution < -0.4 is 0 Å². The van der Waals surface area contributed by atoms with E-state index in [2.05, 4.69) is 55.0 Å². The van der Waals surface area contributed by atoms with E-state index < -0.39 is 11.9 Å². The maximum absolute atomic E-state index is 10.8. The molecule has 1 saturated heterocycles. The molecule has 0 unspecified atom stereocenters. The Kier molecular flexibility index (Phi) is 15.6. The minimum Gasteiger partial charge on any atom is -0.753 e. The van der Waals surface area contributed by atoms with Gasteiger partial charge in [-0.2, -0.15) is 5.16 Å². The average Bonchev–Trinajstić information content (AvgIpc) is 3.68. The number of aromatic nitrogens is 3. The number of aliphatic imine (C=N–C) groups is 2. The van der Waals surface area contributed by atoms with Crippen molar-refractivity contribution in [1.82, 2.24) is 24.8 Å². The van der Waals surface area contributed by atoms with Gasteiger partial charge in [-0.1, -0.05) is 25.6 Å². The number of carboxylic acids is 2. The molecule has 0 aromatic carbocycles. The number of aromatic carboxylic acids is 2. The van der Waals surface area contributed by atoms with Crippen molar-refractivity contribution in [3.63, 3.8) is 0 Å². The summed E-state index contributed by atoms with van der Waals surface area (Å²) in [4.78, 5) is 48.9. The third-order valence-electron chi connectivity index (χ3n) is 7.74. The standard InChI is InChI=1S/C21H29N5.C12H8N2O4.CNS.Ru/c1-2-3-12-25-14-15-26(16-25)13-6-11-22-19-17-7-4-9-23-20(17)21-18(19)8-5-10-24-21;15-11(16)7-1-3-13-9(5-7)10-6-8(12(17)18)2-4-14-10;2-1-3;/h4,7,9-10H,2-3,5-6,8,11-16H2,1H3;1-6H,(H,15,16)(H,17,18);;/q;;-1;+1. The Hall–Kier alpha value is -4.19. The maximum atomic E-state index is 10.8. The normalized spacial score (nSPS) is 15.6. The van der Waals surface area contributed by atoms with Gasteiger partial charge in [0.25, 0.3) is 0 Å². The van der Waals surface area contributed by atoms with Crippen molar-refractivity contribution < 1.29 is 39.3 Å². The summed E-state index contributed by atoms with van der Waals surface area (Å²) in [7, 11) is 0. The quantitative estimate of drug-likeness (QED) is 0.118. The fraction of sp³-hybridized carbons (Fsp3) is 0.353. The van der Waals surface area contributed by atoms with Crippen LogP contribution in [0.4, 0.5) is 0 Å². The van der Waals surface area contributed by atoms with Crippen LogP contribution in [0.3, 0.4) is 0 Å². The second-order valence-corrected chi connectivity index (χ2v) is 11.1. The Labute approximate surface area is 298 Å². The predicted octanol–water partition coefficient (Wildman–Crippen LogP) is 5.42. The molecule has 3 aromatic rings. The molecule has 0 spiro atoms. The first-order valence-electron chi connectivity index (χ1n) is 15.5. The van der Waals surface area contributed by atoms with Crippen LogP contribution in [0.25, 0.3) is 22.5 Å². The monoisotopic (exact) mass is 755 g/mol. The molecule has 1 aliphatic carbocycles. The summed E-state index contributed by atoms with van der Waals surface area (Å²) < 4.78 is 0. The zero-order valence-electron chi connectivity index (χ0n) is 26.6. The molecule has 2 aliphatic heterocycles. The number of allylic oxidation sites excluding steroid dienone is 1. The number of hydrogen-bond donors (Lipinski definition) is 2. The number of thiocarbonyl (C=S) groups is 1. The van der Waals surface area contributed by atoms with Gasteiger partial charge in [-0.3, -0.25) is 34.7 Å². The Balaban J connectivity index is 0.000000249. The van der Waals surface area contributed by atoms with Crippen LogP contribution in [0.5, 0.6) is 0 Å². The molecule has 1 radical (unpaired) electrons. The first-order valence-corrected chi connectivity index (χ1v) is 15.9. The van der Waals surface area contributed by atoms with E-state index in [-0.39, 0.29) is 30.6 Å². The fourth-order valence-electron chi connectivity index (χ4n) is 5.47. The van der Waals surface area contributed by atoms with Gasteiger partial charge in [0, 0.05) is 62.1 Å². The molecule has 3 aliphatic rings. The van der Waals surface area contributed by atoms with E-state index in [1.807, 2.05) is 18.5 Å². The molecule has 0 atom stereocenters. The number of carbonyl (C=O) groups is 2. The van der Waals surface area contributed by atoms with E-state index in [1.165, 1.54) is 85.4 Å². The molecule has 2 N–H and O–H groups in total. The molecular formula is C34H37N8O4RuS. The zero-order chi connectivity index (χ0) is 33.6. The van der Waals surface area contributed by atoms with E-state index in [9.17, 15) is 9.59 Å². The number of carboxylic acid groups (broad SMARTS) is 2. The Morgan fingerprint density at radius 2 is 1.56 bits per heavy atom. The van der Waals surface area contributed by atoms with Gasteiger partial charge < -0.3 is 15.6 Å². The summed E-state index contributed by atoms with van der Waals surface area (Å²) in [6, 6.07) is 9.54. The van der Waals surface area contributed by atoms with E-state index in [0.29, 0.717) is 11.4 Å². The summed E-state index contributed by atoms with van der Waals surface area (Å²) in [6.45, 7) is 9.10. The summed E-state index contributed by atoms with van der Waals surface area (Å²) in [5.74, 6) is -2.15. The van der Waals surface area contributed by atoms with Gasteiger partial charge in [0.2, 0.25) is 0 Å². The first kappa shape index (κ1) is 38.3. The molecule has 1 fully saturated rings. The number of fused-ring (bicyclic) bond motifs is 2. The molecule has 12 nitrogen and oxygen atoms in total. The molecule has 3 aromatic heterocycles. The molecule has 5 heterocycles. The van der Waals surface area contributed by atoms with Crippen molar-refractivity contribution in [2.75, 3.05) is 39.4 Å². The van der Waals surface area contributed by atoms with E-state index in [1.54, 1.807) is 0 Å². The van der Waals surface area contributed by atoms with Crippen LogP contribution in [-0.4, -0.2) is 103 Å². The van der Waals surface area contributed by atoms with Gasteiger partial charge in [-0.15, -0.1) is 0 Å². The van der Waals surface area contributed by atoms with Gasteiger partial charge in [-0.05, 0) is 68.6 Å². The minimum atomic E-state index is -1.08. The molecular weight excluding hydrogens is 718 g/mol. The number of rotatable bonds is 10. The second kappa shape index (κ2) is 19.6. The van der Waals surface area contributed by atoms with E-state index in [0.717, 1.165) is 56.1 Å². The van der Waals surface area contributed by atoms with Gasteiger partial charge >= 0.3 is 31.4 Å². The number of unbranched alkanes of at least 4 members (excludes halogenated alkanes) is 1. The molecule has 6 rings (SSSR count). The van der Waals surface area contributed by atoms with Crippen molar-refractivity contribution in [1.29, 1.82) is 0 Å². The third kappa shape index (κ3) is 10.4.